The van der Waals surface area contributed by atoms with Crippen molar-refractivity contribution in [1.82, 2.24) is 9.55 Å². The molecular weight excluding hydrogens is 198 g/mol. The third-order valence-electron chi connectivity index (χ3n) is 1.41. The van der Waals surface area contributed by atoms with Crippen molar-refractivity contribution in [3.05, 3.63) is 22.6 Å². The largest absolute Gasteiger partial charge is 0.390 e. The molecule has 1 aromatic heterocycles. The monoisotopic (exact) mass is 205 g/mol. The highest BCUT2D eigenvalue weighted by Gasteiger charge is 2.11. The minimum absolute atomic E-state index is 0.0893. The third-order valence-corrected chi connectivity index (χ3v) is 1.76. The second-order valence-electron chi connectivity index (χ2n) is 2.49. The van der Waals surface area contributed by atoms with E-state index in [9.17, 15) is 10.1 Å². The highest BCUT2D eigenvalue weighted by Crippen LogP contribution is 2.06. The van der Waals surface area contributed by atoms with E-state index in [2.05, 4.69) is 4.98 Å². The molecule has 1 unspecified atom stereocenters. The molecule has 0 amide bonds. The molecule has 0 aliphatic rings. The van der Waals surface area contributed by atoms with Crippen LogP contribution in [0.15, 0.2) is 12.5 Å². The van der Waals surface area contributed by atoms with E-state index in [-0.39, 0.29) is 18.2 Å². The van der Waals surface area contributed by atoms with Crippen molar-refractivity contribution in [2.75, 3.05) is 5.88 Å². The number of imidazole rings is 1. The fraction of sp³-hybridized carbons (Fsp3) is 0.500. The lowest BCUT2D eigenvalue weighted by molar-refractivity contribution is -0.389. The van der Waals surface area contributed by atoms with Gasteiger partial charge >= 0.3 is 5.82 Å². The van der Waals surface area contributed by atoms with Gasteiger partial charge in [0.2, 0.25) is 6.33 Å². The number of aliphatic hydroxyl groups excluding tert-OH is 1. The minimum atomic E-state index is -0.713. The molecule has 6 nitrogen and oxygen atoms in total. The highest BCUT2D eigenvalue weighted by molar-refractivity contribution is 6.18. The van der Waals surface area contributed by atoms with Crippen LogP contribution in [0.25, 0.3) is 0 Å². The molecule has 1 heterocycles. The number of alkyl halides is 1. The molecule has 0 aliphatic heterocycles. The molecule has 0 aliphatic carbocycles. The summed E-state index contributed by atoms with van der Waals surface area (Å²) in [6.07, 6.45) is 1.82. The zero-order valence-electron chi connectivity index (χ0n) is 6.63. The summed E-state index contributed by atoms with van der Waals surface area (Å²) in [5.41, 5.74) is 0. The normalized spacial score (nSPS) is 12.8. The Kier molecular flexibility index (Phi) is 3.21. The molecule has 13 heavy (non-hydrogen) atoms. The van der Waals surface area contributed by atoms with E-state index >= 15 is 0 Å². The second kappa shape index (κ2) is 4.20. The number of halogens is 1. The highest BCUT2D eigenvalue weighted by atomic mass is 35.5. The predicted octanol–water partition coefficient (Wildman–Crippen LogP) is 0.391. The molecule has 72 valence electrons. The van der Waals surface area contributed by atoms with Gasteiger partial charge in [0.1, 0.15) is 6.20 Å². The zero-order chi connectivity index (χ0) is 9.84. The van der Waals surface area contributed by atoms with Crippen molar-refractivity contribution in [1.29, 1.82) is 0 Å². The summed E-state index contributed by atoms with van der Waals surface area (Å²) in [5, 5.41) is 19.3. The van der Waals surface area contributed by atoms with Crippen LogP contribution in [-0.2, 0) is 6.54 Å². The Morgan fingerprint density at radius 1 is 1.85 bits per heavy atom. The molecule has 0 spiro atoms. The molecule has 1 aromatic rings. The second-order valence-corrected chi connectivity index (χ2v) is 2.80. The number of nitro groups is 1. The molecule has 0 aromatic carbocycles. The van der Waals surface area contributed by atoms with E-state index in [1.807, 2.05) is 0 Å². The first kappa shape index (κ1) is 9.94. The Labute approximate surface area is 78.9 Å². The fourth-order valence-electron chi connectivity index (χ4n) is 0.835. The number of aliphatic hydroxyl groups is 1. The average Bonchev–Trinajstić information content (AvgIpc) is 2.52. The van der Waals surface area contributed by atoms with E-state index < -0.39 is 11.0 Å². The van der Waals surface area contributed by atoms with Gasteiger partial charge in [-0.15, -0.1) is 11.6 Å². The van der Waals surface area contributed by atoms with Crippen molar-refractivity contribution in [2.45, 2.75) is 12.6 Å². The molecule has 1 rings (SSSR count). The van der Waals surface area contributed by atoms with Crippen LogP contribution in [0.1, 0.15) is 0 Å². The number of nitrogens with zero attached hydrogens (tertiary/aromatic N) is 3. The number of aromatic nitrogens is 2. The van der Waals surface area contributed by atoms with Gasteiger partial charge in [0.15, 0.2) is 0 Å². The number of hydrogen-bond acceptors (Lipinski definition) is 4. The van der Waals surface area contributed by atoms with Gasteiger partial charge in [-0.05, 0) is 9.91 Å². The molecule has 0 saturated carbocycles. The van der Waals surface area contributed by atoms with Crippen LogP contribution in [0, 0.1) is 10.1 Å². The molecule has 0 fully saturated rings. The van der Waals surface area contributed by atoms with Crippen LogP contribution in [0.2, 0.25) is 0 Å². The van der Waals surface area contributed by atoms with Crippen molar-refractivity contribution in [3.63, 3.8) is 0 Å². The van der Waals surface area contributed by atoms with Gasteiger partial charge in [-0.2, -0.15) is 0 Å². The molecular formula is C6H8ClN3O3. The van der Waals surface area contributed by atoms with Crippen LogP contribution in [0.4, 0.5) is 5.82 Å². The lowest BCUT2D eigenvalue weighted by atomic mass is 10.4. The Bertz CT molecular complexity index is 301. The van der Waals surface area contributed by atoms with Gasteiger partial charge in [-0.25, -0.2) is 0 Å². The van der Waals surface area contributed by atoms with E-state index in [4.69, 9.17) is 16.7 Å². The van der Waals surface area contributed by atoms with Gasteiger partial charge < -0.3 is 19.8 Å². The first-order valence-electron chi connectivity index (χ1n) is 3.53. The van der Waals surface area contributed by atoms with E-state index in [1.54, 1.807) is 0 Å². The Morgan fingerprint density at radius 3 is 3.00 bits per heavy atom. The average molecular weight is 206 g/mol. The third kappa shape index (κ3) is 2.67. The maximum atomic E-state index is 10.2. The number of rotatable bonds is 4. The van der Waals surface area contributed by atoms with E-state index in [0.717, 1.165) is 0 Å². The van der Waals surface area contributed by atoms with Crippen molar-refractivity contribution < 1.29 is 10.0 Å². The van der Waals surface area contributed by atoms with Crippen molar-refractivity contribution in [3.8, 4) is 0 Å². The van der Waals surface area contributed by atoms with Crippen LogP contribution < -0.4 is 0 Å². The molecule has 1 atom stereocenters. The topological polar surface area (TPSA) is 81.2 Å². The molecule has 1 N–H and O–H groups in total. The van der Waals surface area contributed by atoms with Crippen molar-refractivity contribution in [2.24, 2.45) is 0 Å². The Balaban J connectivity index is 2.64. The summed E-state index contributed by atoms with van der Waals surface area (Å²) in [6.45, 7) is 0.213. The van der Waals surface area contributed by atoms with Crippen LogP contribution in [0.5, 0.6) is 0 Å². The zero-order valence-corrected chi connectivity index (χ0v) is 7.39. The van der Waals surface area contributed by atoms with E-state index in [0.29, 0.717) is 0 Å². The van der Waals surface area contributed by atoms with Crippen molar-refractivity contribution >= 4 is 17.4 Å². The van der Waals surface area contributed by atoms with Gasteiger partial charge in [-0.1, -0.05) is 0 Å². The number of hydrogen-bond donors (Lipinski definition) is 1. The fourth-order valence-corrected chi connectivity index (χ4v) is 0.932. The minimum Gasteiger partial charge on any atom is -0.390 e. The summed E-state index contributed by atoms with van der Waals surface area (Å²) in [6, 6.07) is 0. The summed E-state index contributed by atoms with van der Waals surface area (Å²) in [4.78, 5) is 13.1. The van der Waals surface area contributed by atoms with Crippen LogP contribution >= 0.6 is 11.6 Å². The molecule has 0 bridgehead atoms. The summed E-state index contributed by atoms with van der Waals surface area (Å²) < 4.78 is 1.42. The predicted molar refractivity (Wildman–Crippen MR) is 45.6 cm³/mol. The Morgan fingerprint density at radius 2 is 2.54 bits per heavy atom. The van der Waals surface area contributed by atoms with Crippen LogP contribution in [-0.4, -0.2) is 31.6 Å². The maximum Gasteiger partial charge on any atom is 0.381 e. The first-order chi connectivity index (χ1) is 6.13. The van der Waals surface area contributed by atoms with Gasteiger partial charge in [0.25, 0.3) is 0 Å². The van der Waals surface area contributed by atoms with Gasteiger partial charge in [0.05, 0.1) is 18.5 Å². The Hall–Kier alpha value is -1.14. The summed E-state index contributed by atoms with van der Waals surface area (Å²) >= 11 is 5.35. The smallest absolute Gasteiger partial charge is 0.381 e. The standard InChI is InChI=1S/C6H8ClN3O3/c7-1-5(11)2-9-3-6(8-4-9)10(12)13/h3-5,11H,1-2H2. The summed E-state index contributed by atoms with van der Waals surface area (Å²) in [5.74, 6) is -0.145. The molecule has 0 radical (unpaired) electrons. The lowest BCUT2D eigenvalue weighted by Gasteiger charge is -2.04. The van der Waals surface area contributed by atoms with E-state index in [1.165, 1.54) is 17.1 Å². The molecule has 0 saturated heterocycles. The van der Waals surface area contributed by atoms with Crippen LogP contribution in [0.3, 0.4) is 0 Å². The SMILES string of the molecule is O=[N+]([O-])c1cn(CC(O)CCl)cn1. The first-order valence-corrected chi connectivity index (χ1v) is 4.07. The summed E-state index contributed by atoms with van der Waals surface area (Å²) in [7, 11) is 0. The quantitative estimate of drug-likeness (QED) is 0.438. The molecule has 7 heteroatoms. The van der Waals surface area contributed by atoms with Gasteiger partial charge in [0, 0.05) is 0 Å². The lowest BCUT2D eigenvalue weighted by Crippen LogP contribution is -2.16. The maximum absolute atomic E-state index is 10.2. The van der Waals surface area contributed by atoms with Gasteiger partial charge in [-0.3, -0.25) is 0 Å².